The summed E-state index contributed by atoms with van der Waals surface area (Å²) in [5.74, 6) is -3.14. The summed E-state index contributed by atoms with van der Waals surface area (Å²) in [6.07, 6.45) is 2.50. The van der Waals surface area contributed by atoms with Crippen molar-refractivity contribution in [2.24, 2.45) is 0 Å². The topological polar surface area (TPSA) is 62.4 Å². The van der Waals surface area contributed by atoms with Crippen molar-refractivity contribution in [2.45, 2.75) is 63.3 Å². The van der Waals surface area contributed by atoms with Gasteiger partial charge in [-0.1, -0.05) is 111 Å². The first-order valence-electron chi connectivity index (χ1n) is 16.4. The molecule has 0 amide bonds. The Labute approximate surface area is 280 Å². The summed E-state index contributed by atoms with van der Waals surface area (Å²) in [5.41, 5.74) is 3.10. The number of aromatic nitrogens is 2. The quantitative estimate of drug-likeness (QED) is 0.166. The number of rotatable bonds is 10. The Kier molecular flexibility index (Phi) is 8.59. The van der Waals surface area contributed by atoms with Crippen molar-refractivity contribution < 1.29 is 17.9 Å². The van der Waals surface area contributed by atoms with E-state index in [1.807, 2.05) is 90.7 Å². The Morgan fingerprint density at radius 2 is 1.57 bits per heavy atom. The molecule has 0 saturated carbocycles. The third-order valence-electron chi connectivity index (χ3n) is 9.61. The molecule has 7 rings (SSSR count). The molecule has 2 atom stereocenters. The van der Waals surface area contributed by atoms with E-state index in [9.17, 15) is 0 Å². The van der Waals surface area contributed by atoms with Crippen molar-refractivity contribution in [3.05, 3.63) is 107 Å². The lowest BCUT2D eigenvalue weighted by atomic mass is 9.92. The Balaban J connectivity index is 1.23. The summed E-state index contributed by atoms with van der Waals surface area (Å²) < 4.78 is 46.1. The first-order chi connectivity index (χ1) is 22.6. The van der Waals surface area contributed by atoms with Gasteiger partial charge in [0.15, 0.2) is 5.06 Å². The molecule has 2 N–H and O–H groups in total. The number of ether oxygens (including phenoxy) is 1. The molecule has 1 fully saturated rings. The monoisotopic (exact) mass is 672 g/mol. The van der Waals surface area contributed by atoms with Crippen LogP contribution in [0.1, 0.15) is 50.0 Å². The van der Waals surface area contributed by atoms with Crippen molar-refractivity contribution in [1.29, 1.82) is 0 Å². The fourth-order valence-corrected chi connectivity index (χ4v) is 12.8. The van der Waals surface area contributed by atoms with E-state index in [4.69, 9.17) is 14.1 Å². The summed E-state index contributed by atoms with van der Waals surface area (Å²) in [6.45, 7) is 8.82. The van der Waals surface area contributed by atoms with E-state index in [0.717, 1.165) is 45.1 Å². The highest BCUT2D eigenvalue weighted by molar-refractivity contribution is 7.13. The number of hydrogen-bond donors (Lipinski definition) is 2. The van der Waals surface area contributed by atoms with Gasteiger partial charge in [-0.25, -0.2) is 13.8 Å². The van der Waals surface area contributed by atoms with Crippen molar-refractivity contribution in [3.63, 3.8) is 0 Å². The number of para-hydroxylation sites is 1. The molecular weight excluding hydrogens is 631 g/mol. The van der Waals surface area contributed by atoms with Crippen LogP contribution in [-0.2, 0) is 10.8 Å². The third kappa shape index (κ3) is 6.06. The minimum Gasteiger partial charge on any atom is -0.477 e. The van der Waals surface area contributed by atoms with Crippen molar-refractivity contribution in [1.82, 2.24) is 20.2 Å². The molecule has 246 valence electrons. The molecule has 5 aromatic rings. The van der Waals surface area contributed by atoms with Gasteiger partial charge >= 0.3 is 0 Å². The molecule has 0 aliphatic carbocycles. The second-order valence-electron chi connectivity index (χ2n) is 13.9. The lowest BCUT2D eigenvalue weighted by Gasteiger charge is -2.45. The summed E-state index contributed by atoms with van der Waals surface area (Å²) in [7, 11) is -3.15. The number of halogens is 2. The molecule has 0 spiro atoms. The number of nitrogens with zero attached hydrogens (tertiary/aromatic N) is 2. The summed E-state index contributed by atoms with van der Waals surface area (Å²) in [4.78, 5) is 10.3. The number of aromatic amines is 1. The van der Waals surface area contributed by atoms with Crippen LogP contribution in [0.25, 0.3) is 10.9 Å². The molecule has 2 aliphatic heterocycles. The number of hydrogen-bond acceptors (Lipinski definition) is 6. The minimum absolute atomic E-state index is 0.108. The largest absolute Gasteiger partial charge is 0.477 e. The van der Waals surface area contributed by atoms with Crippen LogP contribution in [-0.4, -0.2) is 67.5 Å². The summed E-state index contributed by atoms with van der Waals surface area (Å²) in [6, 6.07) is 27.5. The molecule has 10 heteroatoms. The number of alkyl halides is 2. The SMILES string of the molecule is C[C@@H]1Cc2c([nH]c3ccccc23)[C@@H](c2ncc(OC3CNC3)s2)N1CC(F)(F)CO[Si](c1ccccc1)(c1ccccc1)C(C)(C)C. The second kappa shape index (κ2) is 12.6. The smallest absolute Gasteiger partial charge is 0.282 e. The zero-order chi connectivity index (χ0) is 32.8. The molecule has 0 bridgehead atoms. The van der Waals surface area contributed by atoms with Gasteiger partial charge in [0.2, 0.25) is 0 Å². The Hall–Kier alpha value is -3.41. The number of fused-ring (bicyclic) bond motifs is 3. The fourth-order valence-electron chi connectivity index (χ4n) is 7.27. The van der Waals surface area contributed by atoms with Gasteiger partial charge in [0.25, 0.3) is 14.2 Å². The number of benzene rings is 3. The van der Waals surface area contributed by atoms with Crippen LogP contribution < -0.4 is 20.4 Å². The zero-order valence-corrected chi connectivity index (χ0v) is 29.1. The first-order valence-corrected chi connectivity index (χ1v) is 19.1. The maximum atomic E-state index is 16.6. The summed E-state index contributed by atoms with van der Waals surface area (Å²) in [5, 5.41) is 7.38. The van der Waals surface area contributed by atoms with Crippen molar-refractivity contribution in [3.8, 4) is 5.06 Å². The average molecular weight is 673 g/mol. The molecule has 4 heterocycles. The normalized spacial score (nSPS) is 19.4. The van der Waals surface area contributed by atoms with E-state index < -0.39 is 38.5 Å². The second-order valence-corrected chi connectivity index (χ2v) is 19.2. The Bertz CT molecular complexity index is 1780. The molecule has 1 saturated heterocycles. The van der Waals surface area contributed by atoms with Gasteiger partial charge < -0.3 is 19.5 Å². The minimum atomic E-state index is -3.15. The van der Waals surface area contributed by atoms with Crippen molar-refractivity contribution >= 4 is 40.9 Å². The molecule has 0 radical (unpaired) electrons. The van der Waals surface area contributed by atoms with E-state index in [1.165, 1.54) is 16.9 Å². The number of H-pyrrole nitrogens is 1. The highest BCUT2D eigenvalue weighted by atomic mass is 32.1. The molecule has 3 aromatic carbocycles. The fraction of sp³-hybridized carbons (Fsp3) is 0.378. The van der Waals surface area contributed by atoms with Gasteiger partial charge in [0, 0.05) is 35.7 Å². The number of thiazole rings is 1. The number of nitrogens with one attached hydrogen (secondary N) is 2. The molecule has 47 heavy (non-hydrogen) atoms. The Morgan fingerprint density at radius 1 is 0.936 bits per heavy atom. The zero-order valence-electron chi connectivity index (χ0n) is 27.3. The lowest BCUT2D eigenvalue weighted by molar-refractivity contribution is -0.0820. The summed E-state index contributed by atoms with van der Waals surface area (Å²) >= 11 is 1.45. The molecular formula is C37H42F2N4O2SSi. The Morgan fingerprint density at radius 3 is 2.19 bits per heavy atom. The van der Waals surface area contributed by atoms with E-state index >= 15 is 8.78 Å². The third-order valence-corrected chi connectivity index (χ3v) is 15.5. The lowest BCUT2D eigenvalue weighted by Crippen LogP contribution is -2.67. The van der Waals surface area contributed by atoms with Crippen LogP contribution >= 0.6 is 11.3 Å². The molecule has 2 aliphatic rings. The van der Waals surface area contributed by atoms with Gasteiger partial charge in [-0.15, -0.1) is 0 Å². The standard InChI is InChI=1S/C37H42F2N4O2SSi/c1-25-19-30-29-17-11-12-18-31(29)42-33(30)34(35-41-22-32(46-35)45-26-20-40-21-26)43(25)23-37(38,39)24-44-47(36(2,3)4,27-13-7-5-8-14-27)28-15-9-6-10-16-28/h5-18,22,25-26,34,40,42H,19-21,23-24H2,1-4H3/t25-,34+/m1/s1. The van der Waals surface area contributed by atoms with Crippen LogP contribution in [0.2, 0.25) is 5.04 Å². The van der Waals surface area contributed by atoms with Gasteiger partial charge in [-0.3, -0.25) is 4.90 Å². The molecule has 0 unspecified atom stereocenters. The predicted molar refractivity (Wildman–Crippen MR) is 188 cm³/mol. The van der Waals surface area contributed by atoms with Crippen LogP contribution in [0, 0.1) is 0 Å². The maximum Gasteiger partial charge on any atom is 0.282 e. The van der Waals surface area contributed by atoms with E-state index in [2.05, 4.69) is 37.1 Å². The molecule has 6 nitrogen and oxygen atoms in total. The van der Waals surface area contributed by atoms with Crippen LogP contribution in [0.5, 0.6) is 5.06 Å². The van der Waals surface area contributed by atoms with Gasteiger partial charge in [-0.05, 0) is 40.4 Å². The van der Waals surface area contributed by atoms with Gasteiger partial charge in [0.05, 0.1) is 19.3 Å². The van der Waals surface area contributed by atoms with E-state index in [-0.39, 0.29) is 12.1 Å². The van der Waals surface area contributed by atoms with Gasteiger partial charge in [0.1, 0.15) is 17.2 Å². The van der Waals surface area contributed by atoms with Gasteiger partial charge in [-0.2, -0.15) is 0 Å². The highest BCUT2D eigenvalue weighted by Crippen LogP contribution is 2.44. The van der Waals surface area contributed by atoms with Crippen LogP contribution in [0.3, 0.4) is 0 Å². The van der Waals surface area contributed by atoms with Crippen LogP contribution in [0.15, 0.2) is 91.1 Å². The van der Waals surface area contributed by atoms with E-state index in [1.54, 1.807) is 6.20 Å². The first kappa shape index (κ1) is 32.1. The average Bonchev–Trinajstić information content (AvgIpc) is 3.64. The maximum absolute atomic E-state index is 16.6. The van der Waals surface area contributed by atoms with E-state index in [0.29, 0.717) is 11.5 Å². The predicted octanol–water partition coefficient (Wildman–Crippen LogP) is 6.52. The van der Waals surface area contributed by atoms with Crippen LogP contribution in [0.4, 0.5) is 8.78 Å². The van der Waals surface area contributed by atoms with Crippen molar-refractivity contribution in [2.75, 3.05) is 26.2 Å². The molecule has 2 aromatic heterocycles. The highest BCUT2D eigenvalue weighted by Gasteiger charge is 2.52.